The molecule has 3 rings (SSSR count). The zero-order valence-corrected chi connectivity index (χ0v) is 16.6. The van der Waals surface area contributed by atoms with Crippen molar-refractivity contribution in [1.29, 1.82) is 0 Å². The van der Waals surface area contributed by atoms with Gasteiger partial charge in [-0.15, -0.1) is 0 Å². The normalized spacial score (nSPS) is 12.2. The summed E-state index contributed by atoms with van der Waals surface area (Å²) >= 11 is 0. The van der Waals surface area contributed by atoms with Crippen molar-refractivity contribution < 1.29 is 13.2 Å². The van der Waals surface area contributed by atoms with E-state index in [1.54, 1.807) is 33.1 Å². The fraction of sp³-hybridized carbons (Fsp3) is 0.190. The van der Waals surface area contributed by atoms with Crippen molar-refractivity contribution in [1.82, 2.24) is 4.83 Å². The van der Waals surface area contributed by atoms with Crippen LogP contribution in [0.3, 0.4) is 0 Å². The quantitative estimate of drug-likeness (QED) is 0.532. The maximum Gasteiger partial charge on any atom is 0.276 e. The first-order chi connectivity index (χ1) is 12.8. The number of benzene rings is 3. The number of hydrogen-bond donors (Lipinski definition) is 1. The molecule has 0 spiro atoms. The Morgan fingerprint density at radius 2 is 1.67 bits per heavy atom. The van der Waals surface area contributed by atoms with Gasteiger partial charge in [-0.3, -0.25) is 0 Å². The topological polar surface area (TPSA) is 67.8 Å². The fourth-order valence-corrected chi connectivity index (χ4v) is 4.00. The van der Waals surface area contributed by atoms with Gasteiger partial charge in [0.1, 0.15) is 5.75 Å². The smallest absolute Gasteiger partial charge is 0.276 e. The zero-order valence-electron chi connectivity index (χ0n) is 15.8. The van der Waals surface area contributed by atoms with Crippen LogP contribution in [0.2, 0.25) is 0 Å². The van der Waals surface area contributed by atoms with Crippen LogP contribution >= 0.6 is 0 Å². The lowest BCUT2D eigenvalue weighted by Gasteiger charge is -2.09. The fourth-order valence-electron chi connectivity index (χ4n) is 2.81. The molecule has 0 unspecified atom stereocenters. The average molecular weight is 382 g/mol. The summed E-state index contributed by atoms with van der Waals surface area (Å²) in [7, 11) is -2.09. The van der Waals surface area contributed by atoms with E-state index >= 15 is 0 Å². The lowest BCUT2D eigenvalue weighted by atomic mass is 10.0. The van der Waals surface area contributed by atoms with Gasteiger partial charge in [-0.1, -0.05) is 30.3 Å². The van der Waals surface area contributed by atoms with Gasteiger partial charge in [0.2, 0.25) is 0 Å². The molecule has 0 aliphatic carbocycles. The molecule has 5 nitrogen and oxygen atoms in total. The molecule has 140 valence electrons. The Morgan fingerprint density at radius 1 is 0.963 bits per heavy atom. The highest BCUT2D eigenvalue weighted by atomic mass is 32.2. The number of ether oxygens (including phenoxy) is 1. The molecule has 0 radical (unpaired) electrons. The number of nitrogens with zero attached hydrogens (tertiary/aromatic N) is 1. The van der Waals surface area contributed by atoms with Gasteiger partial charge in [-0.25, -0.2) is 0 Å². The maximum atomic E-state index is 12.6. The lowest BCUT2D eigenvalue weighted by Crippen LogP contribution is -2.21. The highest BCUT2D eigenvalue weighted by Crippen LogP contribution is 2.22. The van der Waals surface area contributed by atoms with E-state index in [2.05, 4.69) is 9.93 Å². The second-order valence-electron chi connectivity index (χ2n) is 6.49. The summed E-state index contributed by atoms with van der Waals surface area (Å²) in [5.74, 6) is 0.793. The van der Waals surface area contributed by atoms with Crippen molar-refractivity contribution in [3.63, 3.8) is 0 Å². The molecule has 3 aromatic rings. The lowest BCUT2D eigenvalue weighted by molar-refractivity contribution is 0.415. The van der Waals surface area contributed by atoms with Crippen molar-refractivity contribution in [3.05, 3.63) is 71.3 Å². The number of sulfonamides is 1. The van der Waals surface area contributed by atoms with Crippen LogP contribution in [0.15, 0.2) is 64.6 Å². The zero-order chi connectivity index (χ0) is 19.6. The molecule has 27 heavy (non-hydrogen) atoms. The monoisotopic (exact) mass is 382 g/mol. The van der Waals surface area contributed by atoms with Crippen LogP contribution in [-0.2, 0) is 10.0 Å². The minimum atomic E-state index is -3.72. The minimum Gasteiger partial charge on any atom is -0.497 e. The summed E-state index contributed by atoms with van der Waals surface area (Å²) < 4.78 is 30.4. The number of nitrogens with one attached hydrogen (secondary N) is 1. The van der Waals surface area contributed by atoms with Crippen LogP contribution in [0.4, 0.5) is 0 Å². The molecular formula is C21H22N2O3S. The third-order valence-corrected chi connectivity index (χ3v) is 5.78. The molecule has 0 aliphatic heterocycles. The van der Waals surface area contributed by atoms with Crippen LogP contribution in [0.25, 0.3) is 10.8 Å². The van der Waals surface area contributed by atoms with Crippen molar-refractivity contribution in [3.8, 4) is 5.75 Å². The molecule has 0 heterocycles. The Kier molecular flexibility index (Phi) is 5.19. The third kappa shape index (κ3) is 4.11. The second kappa shape index (κ2) is 7.40. The summed E-state index contributed by atoms with van der Waals surface area (Å²) in [6, 6.07) is 17.0. The van der Waals surface area contributed by atoms with E-state index in [0.29, 0.717) is 11.3 Å². The van der Waals surface area contributed by atoms with Crippen molar-refractivity contribution in [2.45, 2.75) is 25.7 Å². The third-order valence-electron chi connectivity index (χ3n) is 4.43. The number of fused-ring (bicyclic) bond motifs is 1. The van der Waals surface area contributed by atoms with Gasteiger partial charge in [0.25, 0.3) is 10.0 Å². The van der Waals surface area contributed by atoms with Crippen molar-refractivity contribution >= 4 is 26.5 Å². The molecule has 0 amide bonds. The standard InChI is InChI=1S/C21H22N2O3S/c1-14-5-6-15(2)21(11-14)27(24,25)23-22-16(3)17-7-8-19-13-20(26-4)10-9-18(19)12-17/h5-13,23H,1-4H3/b22-16+. The summed E-state index contributed by atoms with van der Waals surface area (Å²) in [6.45, 7) is 5.40. The SMILES string of the molecule is COc1ccc2cc(/C(C)=N/NS(=O)(=O)c3cc(C)ccc3C)ccc2c1. The molecular weight excluding hydrogens is 360 g/mol. The minimum absolute atomic E-state index is 0.240. The Labute approximate surface area is 159 Å². The number of methoxy groups -OCH3 is 1. The van der Waals surface area contributed by atoms with Crippen LogP contribution in [-0.4, -0.2) is 21.2 Å². The van der Waals surface area contributed by atoms with Gasteiger partial charge in [0.05, 0.1) is 17.7 Å². The van der Waals surface area contributed by atoms with Gasteiger partial charge in [-0.05, 0) is 72.5 Å². The van der Waals surface area contributed by atoms with Crippen LogP contribution in [0.1, 0.15) is 23.6 Å². The predicted octanol–water partition coefficient (Wildman–Crippen LogP) is 4.17. The van der Waals surface area contributed by atoms with Gasteiger partial charge < -0.3 is 4.74 Å². The van der Waals surface area contributed by atoms with E-state index in [9.17, 15) is 8.42 Å². The first-order valence-electron chi connectivity index (χ1n) is 8.52. The highest BCUT2D eigenvalue weighted by Gasteiger charge is 2.16. The molecule has 1 N–H and O–H groups in total. The molecule has 3 aromatic carbocycles. The van der Waals surface area contributed by atoms with Crippen LogP contribution in [0.5, 0.6) is 5.75 Å². The summed E-state index contributed by atoms with van der Waals surface area (Å²) in [5.41, 5.74) is 2.99. The largest absolute Gasteiger partial charge is 0.497 e. The van der Waals surface area contributed by atoms with Crippen molar-refractivity contribution in [2.75, 3.05) is 7.11 Å². The molecule has 0 aromatic heterocycles. The van der Waals surface area contributed by atoms with Crippen molar-refractivity contribution in [2.24, 2.45) is 5.10 Å². The molecule has 0 saturated carbocycles. The summed E-state index contributed by atoms with van der Waals surface area (Å²) in [6.07, 6.45) is 0. The molecule has 6 heteroatoms. The predicted molar refractivity (Wildman–Crippen MR) is 109 cm³/mol. The van der Waals surface area contributed by atoms with E-state index < -0.39 is 10.0 Å². The molecule has 0 aliphatic rings. The Balaban J connectivity index is 1.89. The van der Waals surface area contributed by atoms with E-state index in [-0.39, 0.29) is 4.90 Å². The molecule has 0 bridgehead atoms. The highest BCUT2D eigenvalue weighted by molar-refractivity contribution is 7.89. The number of aryl methyl sites for hydroxylation is 2. The summed E-state index contributed by atoms with van der Waals surface area (Å²) in [4.78, 5) is 2.59. The Bertz CT molecular complexity index is 1140. The first-order valence-corrected chi connectivity index (χ1v) is 10.00. The molecule has 0 saturated heterocycles. The maximum absolute atomic E-state index is 12.6. The van der Waals surface area contributed by atoms with Crippen LogP contribution < -0.4 is 9.57 Å². The second-order valence-corrected chi connectivity index (χ2v) is 8.12. The van der Waals surface area contributed by atoms with Gasteiger partial charge >= 0.3 is 0 Å². The van der Waals surface area contributed by atoms with Gasteiger partial charge in [0.15, 0.2) is 0 Å². The number of hydrazone groups is 1. The average Bonchev–Trinajstić information content (AvgIpc) is 2.67. The van der Waals surface area contributed by atoms with Gasteiger partial charge in [0, 0.05) is 0 Å². The van der Waals surface area contributed by atoms with E-state index in [1.165, 1.54) is 0 Å². The summed E-state index contributed by atoms with van der Waals surface area (Å²) in [5, 5.41) is 6.18. The number of hydrogen-bond acceptors (Lipinski definition) is 4. The Morgan fingerprint density at radius 3 is 2.41 bits per heavy atom. The van der Waals surface area contributed by atoms with Gasteiger partial charge in [-0.2, -0.15) is 18.4 Å². The first kappa shape index (κ1) is 18.9. The Hall–Kier alpha value is -2.86. The van der Waals surface area contributed by atoms with E-state index in [4.69, 9.17) is 4.74 Å². The van der Waals surface area contributed by atoms with E-state index in [0.717, 1.165) is 27.6 Å². The molecule has 0 fully saturated rings. The van der Waals surface area contributed by atoms with Crippen LogP contribution in [0, 0.1) is 13.8 Å². The van der Waals surface area contributed by atoms with E-state index in [1.807, 2.05) is 49.4 Å². The number of rotatable bonds is 5. The molecule has 0 atom stereocenters.